The fourth-order valence-corrected chi connectivity index (χ4v) is 5.29. The third-order valence-electron chi connectivity index (χ3n) is 5.49. The summed E-state index contributed by atoms with van der Waals surface area (Å²) in [6, 6.07) is 3.35. The van der Waals surface area contributed by atoms with Crippen LogP contribution in [0.2, 0.25) is 5.02 Å². The topological polar surface area (TPSA) is 77.3 Å². The lowest BCUT2D eigenvalue weighted by atomic mass is 10.1. The van der Waals surface area contributed by atoms with E-state index in [0.717, 1.165) is 35.7 Å². The monoisotopic (exact) mass is 418 g/mol. The number of hydrogen-bond donors (Lipinski definition) is 0. The molecule has 7 nitrogen and oxygen atoms in total. The number of likely N-dealkylation sites (tertiary alicyclic amines) is 1. The molecular formula is C19H19ClN4O3S. The van der Waals surface area contributed by atoms with Crippen molar-refractivity contribution in [1.29, 1.82) is 0 Å². The quantitative estimate of drug-likeness (QED) is 0.708. The maximum atomic E-state index is 12.8. The molecule has 1 aliphatic carbocycles. The van der Waals surface area contributed by atoms with Crippen LogP contribution in [0.5, 0.6) is 5.88 Å². The summed E-state index contributed by atoms with van der Waals surface area (Å²) in [6.07, 6.45) is 4.52. The van der Waals surface area contributed by atoms with E-state index in [1.54, 1.807) is 39.6 Å². The normalized spacial score (nSPS) is 20.6. The minimum atomic E-state index is -0.122. The minimum absolute atomic E-state index is 0.0396. The lowest BCUT2D eigenvalue weighted by molar-refractivity contribution is -0.140. The number of hydrogen-bond acceptors (Lipinski definition) is 6. The molecule has 2 aliphatic heterocycles. The summed E-state index contributed by atoms with van der Waals surface area (Å²) in [6.45, 7) is 1.02. The van der Waals surface area contributed by atoms with Crippen molar-refractivity contribution in [2.75, 3.05) is 18.8 Å². The lowest BCUT2D eigenvalue weighted by Crippen LogP contribution is -2.56. The zero-order valence-electron chi connectivity index (χ0n) is 15.1. The minimum Gasteiger partial charge on any atom is -0.470 e. The molecule has 1 fully saturated rings. The number of carbonyl (C=O) groups excluding carboxylic acids is 1. The molecule has 0 saturated carbocycles. The second-order valence-electron chi connectivity index (χ2n) is 7.35. The highest BCUT2D eigenvalue weighted by Gasteiger charge is 2.36. The van der Waals surface area contributed by atoms with Crippen LogP contribution in [0.1, 0.15) is 30.1 Å². The van der Waals surface area contributed by atoms with Gasteiger partial charge in [-0.25, -0.2) is 9.97 Å². The second kappa shape index (κ2) is 7.08. The van der Waals surface area contributed by atoms with Crippen molar-refractivity contribution in [3.05, 3.63) is 45.0 Å². The van der Waals surface area contributed by atoms with Gasteiger partial charge in [-0.2, -0.15) is 0 Å². The van der Waals surface area contributed by atoms with Gasteiger partial charge in [0.15, 0.2) is 5.16 Å². The number of ether oxygens (including phenoxy) is 1. The summed E-state index contributed by atoms with van der Waals surface area (Å²) in [7, 11) is 0. The smallest absolute Gasteiger partial charge is 0.257 e. The maximum Gasteiger partial charge on any atom is 0.257 e. The van der Waals surface area contributed by atoms with E-state index in [9.17, 15) is 9.59 Å². The summed E-state index contributed by atoms with van der Waals surface area (Å²) < 4.78 is 7.50. The molecule has 0 bridgehead atoms. The van der Waals surface area contributed by atoms with Gasteiger partial charge in [-0.1, -0.05) is 23.4 Å². The van der Waals surface area contributed by atoms with E-state index in [4.69, 9.17) is 16.3 Å². The molecular weight excluding hydrogens is 400 g/mol. The van der Waals surface area contributed by atoms with E-state index in [0.29, 0.717) is 36.2 Å². The number of nitrogens with zero attached hydrogens (tertiary/aromatic N) is 4. The van der Waals surface area contributed by atoms with Crippen LogP contribution < -0.4 is 10.3 Å². The standard InChI is InChI=1S/C19H19ClN4O3S/c20-14-4-2-6-21-17(14)27-12-8-23(9-12)16(25)7-11-10-28-19-22-15-5-1-3-13(15)18(26)24(11)19/h2,4,6,11-12H,1,3,5,7-10H2. The van der Waals surface area contributed by atoms with Gasteiger partial charge in [0.2, 0.25) is 11.8 Å². The van der Waals surface area contributed by atoms with Gasteiger partial charge in [-0.3, -0.25) is 14.2 Å². The van der Waals surface area contributed by atoms with Crippen LogP contribution in [-0.2, 0) is 17.6 Å². The van der Waals surface area contributed by atoms with Gasteiger partial charge < -0.3 is 9.64 Å². The summed E-state index contributed by atoms with van der Waals surface area (Å²) in [5, 5.41) is 1.23. The number of pyridine rings is 1. The Morgan fingerprint density at radius 1 is 1.36 bits per heavy atom. The highest BCUT2D eigenvalue weighted by atomic mass is 35.5. The SMILES string of the molecule is O=C(CC1CSc2nc3c(c(=O)n21)CCC3)N1CC(Oc2ncccc2Cl)C1. The van der Waals surface area contributed by atoms with Crippen molar-refractivity contribution in [3.63, 3.8) is 0 Å². The average molecular weight is 419 g/mol. The number of amides is 1. The average Bonchev–Trinajstić information content (AvgIpc) is 3.27. The zero-order chi connectivity index (χ0) is 19.3. The molecule has 28 heavy (non-hydrogen) atoms. The Hall–Kier alpha value is -2.06. The molecule has 5 rings (SSSR count). The second-order valence-corrected chi connectivity index (χ2v) is 8.74. The van der Waals surface area contributed by atoms with Gasteiger partial charge in [0.05, 0.1) is 24.8 Å². The van der Waals surface area contributed by atoms with E-state index in [-0.39, 0.29) is 23.6 Å². The van der Waals surface area contributed by atoms with Crippen LogP contribution in [0.25, 0.3) is 0 Å². The Kier molecular flexibility index (Phi) is 4.55. The number of fused-ring (bicyclic) bond motifs is 2. The van der Waals surface area contributed by atoms with Crippen molar-refractivity contribution in [2.45, 2.75) is 43.0 Å². The van der Waals surface area contributed by atoms with E-state index in [2.05, 4.69) is 9.97 Å². The molecule has 2 aromatic rings. The molecule has 146 valence electrons. The summed E-state index contributed by atoms with van der Waals surface area (Å²) in [5.41, 5.74) is 1.84. The molecule has 0 aromatic carbocycles. The van der Waals surface area contributed by atoms with Crippen molar-refractivity contribution < 1.29 is 9.53 Å². The molecule has 1 unspecified atom stereocenters. The highest BCUT2D eigenvalue weighted by Crippen LogP contribution is 2.34. The molecule has 0 radical (unpaired) electrons. The van der Waals surface area contributed by atoms with Gasteiger partial charge in [0, 0.05) is 23.9 Å². The largest absolute Gasteiger partial charge is 0.470 e. The van der Waals surface area contributed by atoms with Crippen LogP contribution in [0.15, 0.2) is 28.3 Å². The summed E-state index contributed by atoms with van der Waals surface area (Å²) in [5.74, 6) is 1.15. The van der Waals surface area contributed by atoms with E-state index < -0.39 is 0 Å². The van der Waals surface area contributed by atoms with Crippen molar-refractivity contribution in [3.8, 4) is 5.88 Å². The van der Waals surface area contributed by atoms with Crippen molar-refractivity contribution in [1.82, 2.24) is 19.4 Å². The predicted molar refractivity (Wildman–Crippen MR) is 105 cm³/mol. The molecule has 1 atom stereocenters. The first kappa shape index (κ1) is 18.0. The molecule has 2 aromatic heterocycles. The van der Waals surface area contributed by atoms with Gasteiger partial charge in [0.1, 0.15) is 11.1 Å². The molecule has 1 saturated heterocycles. The van der Waals surface area contributed by atoms with Gasteiger partial charge in [-0.05, 0) is 31.4 Å². The number of aromatic nitrogens is 3. The van der Waals surface area contributed by atoms with Crippen LogP contribution in [0, 0.1) is 0 Å². The Balaban J connectivity index is 1.22. The highest BCUT2D eigenvalue weighted by molar-refractivity contribution is 7.99. The van der Waals surface area contributed by atoms with Crippen LogP contribution in [0.4, 0.5) is 0 Å². The third kappa shape index (κ3) is 3.08. The van der Waals surface area contributed by atoms with Gasteiger partial charge >= 0.3 is 0 Å². The third-order valence-corrected chi connectivity index (χ3v) is 6.87. The molecule has 0 spiro atoms. The van der Waals surface area contributed by atoms with Gasteiger partial charge in [0.25, 0.3) is 5.56 Å². The lowest BCUT2D eigenvalue weighted by Gasteiger charge is -2.39. The Morgan fingerprint density at radius 2 is 2.21 bits per heavy atom. The van der Waals surface area contributed by atoms with Crippen LogP contribution in [-0.4, -0.2) is 50.3 Å². The number of thioether (sulfide) groups is 1. The van der Waals surface area contributed by atoms with E-state index in [1.165, 1.54) is 0 Å². The zero-order valence-corrected chi connectivity index (χ0v) is 16.7. The number of carbonyl (C=O) groups is 1. The fourth-order valence-electron chi connectivity index (χ4n) is 3.97. The summed E-state index contributed by atoms with van der Waals surface area (Å²) in [4.78, 5) is 36.0. The molecule has 0 N–H and O–H groups in total. The summed E-state index contributed by atoms with van der Waals surface area (Å²) >= 11 is 7.63. The number of rotatable bonds is 4. The Morgan fingerprint density at radius 3 is 3.04 bits per heavy atom. The molecule has 9 heteroatoms. The predicted octanol–water partition coefficient (Wildman–Crippen LogP) is 2.11. The molecule has 4 heterocycles. The van der Waals surface area contributed by atoms with E-state index >= 15 is 0 Å². The first-order chi connectivity index (χ1) is 13.6. The van der Waals surface area contributed by atoms with Crippen LogP contribution >= 0.6 is 23.4 Å². The van der Waals surface area contributed by atoms with Crippen molar-refractivity contribution >= 4 is 29.3 Å². The van der Waals surface area contributed by atoms with E-state index in [1.807, 2.05) is 0 Å². The first-order valence-corrected chi connectivity index (χ1v) is 10.8. The van der Waals surface area contributed by atoms with Crippen molar-refractivity contribution in [2.24, 2.45) is 0 Å². The Bertz CT molecular complexity index is 1010. The molecule has 3 aliphatic rings. The van der Waals surface area contributed by atoms with Gasteiger partial charge in [-0.15, -0.1) is 0 Å². The first-order valence-electron chi connectivity index (χ1n) is 9.42. The molecule has 1 amide bonds. The van der Waals surface area contributed by atoms with Crippen LogP contribution in [0.3, 0.4) is 0 Å². The number of aryl methyl sites for hydroxylation is 1. The number of halogens is 1. The Labute approximate surface area is 171 Å². The maximum absolute atomic E-state index is 12.8. The fraction of sp³-hybridized carbons (Fsp3) is 0.474.